The summed E-state index contributed by atoms with van der Waals surface area (Å²) in [5, 5.41) is -0.258. The lowest BCUT2D eigenvalue weighted by molar-refractivity contribution is 0.533. The molecule has 0 spiro atoms. The highest BCUT2D eigenvalue weighted by Gasteiger charge is 2.30. The number of pyridine rings is 1. The van der Waals surface area contributed by atoms with E-state index < -0.39 is 9.84 Å². The second-order valence-corrected chi connectivity index (χ2v) is 7.69. The van der Waals surface area contributed by atoms with E-state index in [2.05, 4.69) is 9.38 Å². The highest BCUT2D eigenvalue weighted by molar-refractivity contribution is 7.92. The van der Waals surface area contributed by atoms with E-state index in [9.17, 15) is 8.42 Å². The molecule has 2 aromatic rings. The Hall–Kier alpha value is -1.36. The van der Waals surface area contributed by atoms with Crippen molar-refractivity contribution in [2.45, 2.75) is 37.9 Å². The SMILES string of the molecule is Cc1cccc2cnc(CC3CCCCS3(=O)=O)n12. The van der Waals surface area contributed by atoms with Crippen molar-refractivity contribution in [2.24, 2.45) is 0 Å². The molecule has 1 atom stereocenters. The Morgan fingerprint density at radius 2 is 2.21 bits per heavy atom. The molecule has 5 heteroatoms. The van der Waals surface area contributed by atoms with Gasteiger partial charge in [-0.25, -0.2) is 13.4 Å². The molecule has 3 rings (SSSR count). The Balaban J connectivity index is 1.97. The molecule has 1 aliphatic heterocycles. The second kappa shape index (κ2) is 4.63. The summed E-state index contributed by atoms with van der Waals surface area (Å²) in [5.74, 6) is 1.20. The second-order valence-electron chi connectivity index (χ2n) is 5.29. The molecule has 4 nitrogen and oxygen atoms in total. The van der Waals surface area contributed by atoms with Crippen LogP contribution in [0, 0.1) is 6.92 Å². The summed E-state index contributed by atoms with van der Waals surface area (Å²) in [6.45, 7) is 2.02. The number of hydrogen-bond acceptors (Lipinski definition) is 3. The predicted octanol–water partition coefficient (Wildman–Crippen LogP) is 2.15. The number of fused-ring (bicyclic) bond motifs is 1. The van der Waals surface area contributed by atoms with Crippen LogP contribution in [0.1, 0.15) is 30.8 Å². The van der Waals surface area contributed by atoms with Gasteiger partial charge >= 0.3 is 0 Å². The average molecular weight is 278 g/mol. The van der Waals surface area contributed by atoms with Crippen LogP contribution in [0.15, 0.2) is 24.4 Å². The molecule has 102 valence electrons. The van der Waals surface area contributed by atoms with E-state index in [0.717, 1.165) is 36.3 Å². The van der Waals surface area contributed by atoms with Crippen molar-refractivity contribution < 1.29 is 8.42 Å². The van der Waals surface area contributed by atoms with Gasteiger partial charge in [0.2, 0.25) is 0 Å². The third kappa shape index (κ3) is 2.27. The third-order valence-electron chi connectivity index (χ3n) is 3.94. The Morgan fingerprint density at radius 1 is 1.37 bits per heavy atom. The van der Waals surface area contributed by atoms with Crippen LogP contribution in [-0.4, -0.2) is 28.8 Å². The molecule has 1 fully saturated rings. The summed E-state index contributed by atoms with van der Waals surface area (Å²) in [6.07, 6.45) is 4.93. The van der Waals surface area contributed by atoms with E-state index in [4.69, 9.17) is 0 Å². The van der Waals surface area contributed by atoms with Crippen molar-refractivity contribution in [1.82, 2.24) is 9.38 Å². The molecule has 0 bridgehead atoms. The molecular weight excluding hydrogens is 260 g/mol. The number of imidazole rings is 1. The van der Waals surface area contributed by atoms with E-state index in [1.54, 1.807) is 0 Å². The van der Waals surface area contributed by atoms with Gasteiger partial charge < -0.3 is 4.40 Å². The van der Waals surface area contributed by atoms with Crippen LogP contribution in [0.2, 0.25) is 0 Å². The number of sulfone groups is 1. The van der Waals surface area contributed by atoms with Gasteiger partial charge in [-0.3, -0.25) is 0 Å². The number of aromatic nitrogens is 2. The van der Waals surface area contributed by atoms with Crippen molar-refractivity contribution in [3.63, 3.8) is 0 Å². The fourth-order valence-electron chi connectivity index (χ4n) is 2.89. The van der Waals surface area contributed by atoms with Crippen molar-refractivity contribution in [1.29, 1.82) is 0 Å². The van der Waals surface area contributed by atoms with Crippen LogP contribution in [0.4, 0.5) is 0 Å². The summed E-state index contributed by atoms with van der Waals surface area (Å²) in [7, 11) is -2.93. The Bertz CT molecular complexity index is 703. The van der Waals surface area contributed by atoms with E-state index in [-0.39, 0.29) is 5.25 Å². The van der Waals surface area contributed by atoms with E-state index >= 15 is 0 Å². The lowest BCUT2D eigenvalue weighted by Gasteiger charge is -2.21. The molecule has 1 saturated heterocycles. The fourth-order valence-corrected chi connectivity index (χ4v) is 4.76. The zero-order valence-electron chi connectivity index (χ0n) is 11.0. The van der Waals surface area contributed by atoms with Crippen LogP contribution >= 0.6 is 0 Å². The quantitative estimate of drug-likeness (QED) is 0.846. The minimum absolute atomic E-state index is 0.258. The van der Waals surface area contributed by atoms with Crippen molar-refractivity contribution in [3.05, 3.63) is 35.9 Å². The first-order valence-corrected chi connectivity index (χ1v) is 8.43. The van der Waals surface area contributed by atoms with Gasteiger partial charge in [-0.05, 0) is 31.9 Å². The van der Waals surface area contributed by atoms with Crippen LogP contribution in [0.25, 0.3) is 5.52 Å². The highest BCUT2D eigenvalue weighted by Crippen LogP contribution is 2.23. The molecule has 0 aliphatic carbocycles. The van der Waals surface area contributed by atoms with Gasteiger partial charge in [0.1, 0.15) is 5.82 Å². The number of hydrogen-bond donors (Lipinski definition) is 0. The standard InChI is InChI=1S/C14H18N2O2S/c1-11-5-4-6-12-10-15-14(16(11)12)9-13-7-2-3-8-19(13,17)18/h4-6,10,13H,2-3,7-9H2,1H3. The highest BCUT2D eigenvalue weighted by atomic mass is 32.2. The Labute approximate surface area is 113 Å². The van der Waals surface area contributed by atoms with Crippen LogP contribution < -0.4 is 0 Å². The number of nitrogens with zero attached hydrogens (tertiary/aromatic N) is 2. The molecule has 0 N–H and O–H groups in total. The molecular formula is C14H18N2O2S. The molecule has 19 heavy (non-hydrogen) atoms. The first-order chi connectivity index (χ1) is 9.08. The summed E-state index contributed by atoms with van der Waals surface area (Å²) in [6, 6.07) is 6.01. The predicted molar refractivity (Wildman–Crippen MR) is 75.1 cm³/mol. The summed E-state index contributed by atoms with van der Waals surface area (Å²) >= 11 is 0. The Morgan fingerprint density at radius 3 is 3.00 bits per heavy atom. The van der Waals surface area contributed by atoms with Gasteiger partial charge in [0.25, 0.3) is 0 Å². The normalized spacial score (nSPS) is 22.7. The molecule has 0 amide bonds. The molecule has 3 heterocycles. The van der Waals surface area contributed by atoms with Crippen molar-refractivity contribution in [2.75, 3.05) is 5.75 Å². The van der Waals surface area contributed by atoms with E-state index in [1.807, 2.05) is 31.3 Å². The maximum absolute atomic E-state index is 12.1. The average Bonchev–Trinajstić information content (AvgIpc) is 2.77. The first kappa shape index (κ1) is 12.7. The van der Waals surface area contributed by atoms with E-state index in [1.165, 1.54) is 0 Å². The smallest absolute Gasteiger partial charge is 0.153 e. The zero-order chi connectivity index (χ0) is 13.5. The van der Waals surface area contributed by atoms with Crippen molar-refractivity contribution >= 4 is 15.4 Å². The topological polar surface area (TPSA) is 51.4 Å². The van der Waals surface area contributed by atoms with Gasteiger partial charge in [0, 0.05) is 12.1 Å². The lowest BCUT2D eigenvalue weighted by atomic mass is 10.1. The Kier molecular flexibility index (Phi) is 3.09. The van der Waals surface area contributed by atoms with Crippen molar-refractivity contribution in [3.8, 4) is 0 Å². The zero-order valence-corrected chi connectivity index (χ0v) is 11.9. The minimum atomic E-state index is -2.93. The largest absolute Gasteiger partial charge is 0.301 e. The van der Waals surface area contributed by atoms with Gasteiger partial charge in [-0.1, -0.05) is 12.5 Å². The van der Waals surface area contributed by atoms with Crippen LogP contribution in [0.3, 0.4) is 0 Å². The summed E-state index contributed by atoms with van der Waals surface area (Å²) in [5.41, 5.74) is 2.13. The molecule has 2 aromatic heterocycles. The maximum Gasteiger partial charge on any atom is 0.153 e. The van der Waals surface area contributed by atoms with Crippen LogP contribution in [0.5, 0.6) is 0 Å². The minimum Gasteiger partial charge on any atom is -0.301 e. The number of rotatable bonds is 2. The summed E-state index contributed by atoms with van der Waals surface area (Å²) < 4.78 is 26.2. The maximum atomic E-state index is 12.1. The molecule has 0 aromatic carbocycles. The third-order valence-corrected chi connectivity index (χ3v) is 6.22. The monoisotopic (exact) mass is 278 g/mol. The van der Waals surface area contributed by atoms with Gasteiger partial charge in [-0.2, -0.15) is 0 Å². The molecule has 1 aliphatic rings. The lowest BCUT2D eigenvalue weighted by Crippen LogP contribution is -2.31. The van der Waals surface area contributed by atoms with Gasteiger partial charge in [0.05, 0.1) is 22.7 Å². The molecule has 1 unspecified atom stereocenters. The molecule has 0 radical (unpaired) electrons. The van der Waals surface area contributed by atoms with Gasteiger partial charge in [-0.15, -0.1) is 0 Å². The first-order valence-electron chi connectivity index (χ1n) is 6.71. The van der Waals surface area contributed by atoms with Gasteiger partial charge in [0.15, 0.2) is 9.84 Å². The number of aryl methyl sites for hydroxylation is 1. The summed E-state index contributed by atoms with van der Waals surface area (Å²) in [4.78, 5) is 4.41. The molecule has 0 saturated carbocycles. The fraction of sp³-hybridized carbons (Fsp3) is 0.500. The van der Waals surface area contributed by atoms with E-state index in [0.29, 0.717) is 12.2 Å². The van der Waals surface area contributed by atoms with Crippen LogP contribution in [-0.2, 0) is 16.3 Å².